The fourth-order valence-electron chi connectivity index (χ4n) is 1.79. The molecule has 0 heterocycles. The van der Waals surface area contributed by atoms with Crippen molar-refractivity contribution in [2.45, 2.75) is 45.1 Å². The molecule has 0 amide bonds. The number of hydrogen-bond acceptors (Lipinski definition) is 1. The first-order valence-corrected chi connectivity index (χ1v) is 6.66. The third-order valence-electron chi connectivity index (χ3n) is 2.72. The summed E-state index contributed by atoms with van der Waals surface area (Å²) in [6, 6.07) is 2.62. The second-order valence-corrected chi connectivity index (χ2v) is 5.01. The lowest BCUT2D eigenvalue weighted by Gasteiger charge is -2.10. The van der Waals surface area contributed by atoms with Crippen LogP contribution in [0.5, 0.6) is 0 Å². The van der Waals surface area contributed by atoms with Gasteiger partial charge in [-0.15, -0.1) is 0 Å². The van der Waals surface area contributed by atoms with E-state index in [0.717, 1.165) is 12.8 Å². The molecule has 0 aliphatic heterocycles. The Hall–Kier alpha value is -0.480. The summed E-state index contributed by atoms with van der Waals surface area (Å²) in [5.41, 5.74) is 0.100. The second-order valence-electron chi connectivity index (χ2n) is 4.16. The summed E-state index contributed by atoms with van der Waals surface area (Å²) in [6.07, 6.45) is 2.78. The Morgan fingerprint density at radius 3 is 2.65 bits per heavy atom. The molecule has 1 aromatic rings. The van der Waals surface area contributed by atoms with Gasteiger partial charge in [-0.05, 0) is 53.7 Å². The van der Waals surface area contributed by atoms with Crippen molar-refractivity contribution < 1.29 is 13.9 Å². The van der Waals surface area contributed by atoms with Gasteiger partial charge in [0, 0.05) is 5.56 Å². The molecule has 4 heteroatoms. The van der Waals surface area contributed by atoms with Crippen molar-refractivity contribution in [3.05, 3.63) is 33.8 Å². The zero-order chi connectivity index (χ0) is 12.8. The van der Waals surface area contributed by atoms with Gasteiger partial charge in [0.05, 0.1) is 10.6 Å². The summed E-state index contributed by atoms with van der Waals surface area (Å²) in [5, 5.41) is 9.52. The van der Waals surface area contributed by atoms with E-state index < -0.39 is 11.6 Å². The standard InChI is InChI=1S/C13H17BrF2O/c1-2-4-9(17)5-3-6-10-12(15)8-7-11(14)13(10)16/h7-9,17H,2-6H2,1H3. The van der Waals surface area contributed by atoms with Gasteiger partial charge in [-0.2, -0.15) is 0 Å². The van der Waals surface area contributed by atoms with Crippen molar-refractivity contribution in [3.8, 4) is 0 Å². The fraction of sp³-hybridized carbons (Fsp3) is 0.538. The number of rotatable bonds is 6. The molecular formula is C13H17BrF2O. The Morgan fingerprint density at radius 2 is 2.00 bits per heavy atom. The van der Waals surface area contributed by atoms with Crippen LogP contribution in [0.1, 0.15) is 38.2 Å². The van der Waals surface area contributed by atoms with Crippen LogP contribution in [0.15, 0.2) is 16.6 Å². The number of aliphatic hydroxyl groups excluding tert-OH is 1. The quantitative estimate of drug-likeness (QED) is 0.781. The Labute approximate surface area is 109 Å². The second kappa shape index (κ2) is 7.07. The number of aliphatic hydroxyl groups is 1. The summed E-state index contributed by atoms with van der Waals surface area (Å²) in [4.78, 5) is 0. The molecule has 0 bridgehead atoms. The van der Waals surface area contributed by atoms with Crippen LogP contribution < -0.4 is 0 Å². The molecule has 1 aromatic carbocycles. The molecule has 1 unspecified atom stereocenters. The Kier molecular flexibility index (Phi) is 6.06. The van der Waals surface area contributed by atoms with E-state index in [1.165, 1.54) is 12.1 Å². The van der Waals surface area contributed by atoms with Crippen LogP contribution in [0, 0.1) is 11.6 Å². The van der Waals surface area contributed by atoms with Crippen molar-refractivity contribution in [1.29, 1.82) is 0 Å². The van der Waals surface area contributed by atoms with Crippen LogP contribution >= 0.6 is 15.9 Å². The minimum atomic E-state index is -0.532. The largest absolute Gasteiger partial charge is 0.393 e. The number of halogens is 3. The van der Waals surface area contributed by atoms with Crippen molar-refractivity contribution in [3.63, 3.8) is 0 Å². The molecule has 1 nitrogen and oxygen atoms in total. The topological polar surface area (TPSA) is 20.2 Å². The van der Waals surface area contributed by atoms with E-state index in [1.54, 1.807) is 0 Å². The van der Waals surface area contributed by atoms with Crippen molar-refractivity contribution in [2.75, 3.05) is 0 Å². The van der Waals surface area contributed by atoms with Crippen molar-refractivity contribution in [2.24, 2.45) is 0 Å². The van der Waals surface area contributed by atoms with Gasteiger partial charge in [-0.1, -0.05) is 13.3 Å². The first kappa shape index (κ1) is 14.6. The molecule has 96 valence electrons. The van der Waals surface area contributed by atoms with E-state index >= 15 is 0 Å². The Morgan fingerprint density at radius 1 is 1.29 bits per heavy atom. The van der Waals surface area contributed by atoms with Gasteiger partial charge >= 0.3 is 0 Å². The van der Waals surface area contributed by atoms with Gasteiger partial charge < -0.3 is 5.11 Å². The molecular weight excluding hydrogens is 290 g/mol. The predicted octanol–water partition coefficient (Wildman–Crippen LogP) is 4.21. The monoisotopic (exact) mass is 306 g/mol. The minimum Gasteiger partial charge on any atom is -0.393 e. The molecule has 1 atom stereocenters. The lowest BCUT2D eigenvalue weighted by Crippen LogP contribution is -2.07. The molecule has 0 saturated heterocycles. The van der Waals surface area contributed by atoms with Crippen LogP contribution in [0.4, 0.5) is 8.78 Å². The maximum Gasteiger partial charge on any atom is 0.143 e. The summed E-state index contributed by atoms with van der Waals surface area (Å²) in [6.45, 7) is 2.00. The van der Waals surface area contributed by atoms with Crippen molar-refractivity contribution >= 4 is 15.9 Å². The number of benzene rings is 1. The molecule has 0 aliphatic rings. The van der Waals surface area contributed by atoms with E-state index in [-0.39, 0.29) is 16.1 Å². The predicted molar refractivity (Wildman–Crippen MR) is 67.9 cm³/mol. The van der Waals surface area contributed by atoms with Gasteiger partial charge in [0.25, 0.3) is 0 Å². The SMILES string of the molecule is CCCC(O)CCCc1c(F)ccc(Br)c1F. The third-order valence-corrected chi connectivity index (χ3v) is 3.34. The summed E-state index contributed by atoms with van der Waals surface area (Å²) >= 11 is 3.03. The first-order valence-electron chi connectivity index (χ1n) is 5.86. The van der Waals surface area contributed by atoms with E-state index in [0.29, 0.717) is 19.3 Å². The lowest BCUT2D eigenvalue weighted by atomic mass is 10.0. The maximum atomic E-state index is 13.6. The zero-order valence-corrected chi connectivity index (χ0v) is 11.4. The molecule has 0 aromatic heterocycles. The van der Waals surface area contributed by atoms with Crippen LogP contribution in [-0.2, 0) is 6.42 Å². The first-order chi connectivity index (χ1) is 8.06. The Bertz CT molecular complexity index is 369. The zero-order valence-electron chi connectivity index (χ0n) is 9.85. The van der Waals surface area contributed by atoms with Gasteiger partial charge in [-0.25, -0.2) is 8.78 Å². The van der Waals surface area contributed by atoms with Crippen LogP contribution in [0.25, 0.3) is 0 Å². The van der Waals surface area contributed by atoms with Gasteiger partial charge in [0.1, 0.15) is 11.6 Å². The summed E-state index contributed by atoms with van der Waals surface area (Å²) < 4.78 is 27.2. The highest BCUT2D eigenvalue weighted by molar-refractivity contribution is 9.10. The van der Waals surface area contributed by atoms with E-state index in [2.05, 4.69) is 15.9 Å². The molecule has 0 aliphatic carbocycles. The Balaban J connectivity index is 2.55. The van der Waals surface area contributed by atoms with E-state index in [1.807, 2.05) is 6.92 Å². The molecule has 0 spiro atoms. The third kappa shape index (κ3) is 4.36. The number of hydrogen-bond donors (Lipinski definition) is 1. The van der Waals surface area contributed by atoms with Gasteiger partial charge in [0.2, 0.25) is 0 Å². The highest BCUT2D eigenvalue weighted by Gasteiger charge is 2.12. The average Bonchev–Trinajstić information content (AvgIpc) is 2.29. The van der Waals surface area contributed by atoms with Gasteiger partial charge in [-0.3, -0.25) is 0 Å². The normalized spacial score (nSPS) is 12.8. The summed E-state index contributed by atoms with van der Waals surface area (Å²) in [7, 11) is 0. The molecule has 1 rings (SSSR count). The van der Waals surface area contributed by atoms with E-state index in [9.17, 15) is 13.9 Å². The minimum absolute atomic E-state index is 0.100. The lowest BCUT2D eigenvalue weighted by molar-refractivity contribution is 0.151. The van der Waals surface area contributed by atoms with Crippen LogP contribution in [0.2, 0.25) is 0 Å². The smallest absolute Gasteiger partial charge is 0.143 e. The van der Waals surface area contributed by atoms with Crippen LogP contribution in [-0.4, -0.2) is 11.2 Å². The molecule has 0 saturated carbocycles. The fourth-order valence-corrected chi connectivity index (χ4v) is 2.16. The molecule has 1 N–H and O–H groups in total. The maximum absolute atomic E-state index is 13.6. The van der Waals surface area contributed by atoms with E-state index in [4.69, 9.17) is 0 Å². The van der Waals surface area contributed by atoms with Crippen molar-refractivity contribution in [1.82, 2.24) is 0 Å². The molecule has 0 fully saturated rings. The molecule has 0 radical (unpaired) electrons. The highest BCUT2D eigenvalue weighted by atomic mass is 79.9. The average molecular weight is 307 g/mol. The van der Waals surface area contributed by atoms with Crippen LogP contribution in [0.3, 0.4) is 0 Å². The highest BCUT2D eigenvalue weighted by Crippen LogP contribution is 2.23. The molecule has 17 heavy (non-hydrogen) atoms. The van der Waals surface area contributed by atoms with Gasteiger partial charge in [0.15, 0.2) is 0 Å². The summed E-state index contributed by atoms with van der Waals surface area (Å²) in [5.74, 6) is -1.05.